The summed E-state index contributed by atoms with van der Waals surface area (Å²) in [7, 11) is 0. The molecule has 0 aliphatic carbocycles. The number of piperidine rings is 1. The van der Waals surface area contributed by atoms with Gasteiger partial charge in [0, 0.05) is 19.1 Å². The first-order valence-corrected chi connectivity index (χ1v) is 5.89. The summed E-state index contributed by atoms with van der Waals surface area (Å²) in [6.07, 6.45) is 2.15. The second kappa shape index (κ2) is 4.94. The van der Waals surface area contributed by atoms with Gasteiger partial charge in [0.1, 0.15) is 0 Å². The van der Waals surface area contributed by atoms with E-state index < -0.39 is 0 Å². The molecular formula is C11H20N2O2. The van der Waals surface area contributed by atoms with Crippen LogP contribution in [0.1, 0.15) is 19.8 Å². The van der Waals surface area contributed by atoms with Crippen LogP contribution in [0.2, 0.25) is 0 Å². The highest BCUT2D eigenvalue weighted by molar-refractivity contribution is 5.79. The summed E-state index contributed by atoms with van der Waals surface area (Å²) in [5.41, 5.74) is 0. The van der Waals surface area contributed by atoms with Crippen molar-refractivity contribution in [3.05, 3.63) is 0 Å². The van der Waals surface area contributed by atoms with Crippen LogP contribution in [0.25, 0.3) is 0 Å². The van der Waals surface area contributed by atoms with Crippen LogP contribution in [0.3, 0.4) is 0 Å². The zero-order chi connectivity index (χ0) is 10.7. The van der Waals surface area contributed by atoms with E-state index in [-0.39, 0.29) is 5.92 Å². The molecule has 0 aromatic rings. The quantitative estimate of drug-likeness (QED) is 0.676. The lowest BCUT2D eigenvalue weighted by Gasteiger charge is -2.35. The smallest absolute Gasteiger partial charge is 0.227 e. The summed E-state index contributed by atoms with van der Waals surface area (Å²) in [6, 6.07) is 0.328. The van der Waals surface area contributed by atoms with Crippen LogP contribution in [0.4, 0.5) is 0 Å². The van der Waals surface area contributed by atoms with Crippen molar-refractivity contribution >= 4 is 5.91 Å². The largest absolute Gasteiger partial charge is 0.378 e. The number of carbonyl (C=O) groups is 1. The Bertz CT molecular complexity index is 227. The molecule has 15 heavy (non-hydrogen) atoms. The zero-order valence-corrected chi connectivity index (χ0v) is 9.37. The molecule has 0 aromatic heterocycles. The fourth-order valence-corrected chi connectivity index (χ4v) is 2.40. The van der Waals surface area contributed by atoms with Gasteiger partial charge in [-0.3, -0.25) is 4.79 Å². The van der Waals surface area contributed by atoms with Crippen molar-refractivity contribution in [3.8, 4) is 0 Å². The maximum absolute atomic E-state index is 12.2. The Hall–Kier alpha value is -0.610. The molecule has 2 rings (SSSR count). The van der Waals surface area contributed by atoms with E-state index in [9.17, 15) is 4.79 Å². The molecule has 86 valence electrons. The summed E-state index contributed by atoms with van der Waals surface area (Å²) >= 11 is 0. The van der Waals surface area contributed by atoms with E-state index in [0.717, 1.165) is 32.5 Å². The molecule has 1 N–H and O–H groups in total. The fraction of sp³-hybridized carbons (Fsp3) is 0.909. The maximum atomic E-state index is 12.2. The Morgan fingerprint density at radius 2 is 2.13 bits per heavy atom. The number of ether oxygens (including phenoxy) is 1. The SMILES string of the molecule is C[C@@H]1NCCC[C@H]1C(=O)N1CCOCC1. The van der Waals surface area contributed by atoms with Gasteiger partial charge < -0.3 is 15.0 Å². The molecule has 2 atom stereocenters. The van der Waals surface area contributed by atoms with Crippen molar-refractivity contribution < 1.29 is 9.53 Å². The van der Waals surface area contributed by atoms with E-state index in [4.69, 9.17) is 4.74 Å². The fourth-order valence-electron chi connectivity index (χ4n) is 2.40. The third kappa shape index (κ3) is 2.49. The molecule has 2 saturated heterocycles. The van der Waals surface area contributed by atoms with E-state index >= 15 is 0 Å². The van der Waals surface area contributed by atoms with E-state index in [1.807, 2.05) is 4.90 Å². The van der Waals surface area contributed by atoms with E-state index in [0.29, 0.717) is 25.2 Å². The summed E-state index contributed by atoms with van der Waals surface area (Å²) in [5.74, 6) is 0.495. The highest BCUT2D eigenvalue weighted by Crippen LogP contribution is 2.19. The lowest BCUT2D eigenvalue weighted by molar-refractivity contribution is -0.141. The highest BCUT2D eigenvalue weighted by Gasteiger charge is 2.31. The van der Waals surface area contributed by atoms with Gasteiger partial charge in [0.15, 0.2) is 0 Å². The number of morpholine rings is 1. The average molecular weight is 212 g/mol. The Kier molecular flexibility index (Phi) is 3.59. The van der Waals surface area contributed by atoms with Crippen molar-refractivity contribution in [2.75, 3.05) is 32.8 Å². The molecule has 4 heteroatoms. The number of amides is 1. The first-order chi connectivity index (χ1) is 7.29. The first kappa shape index (κ1) is 10.9. The van der Waals surface area contributed by atoms with Gasteiger partial charge in [-0.25, -0.2) is 0 Å². The third-order valence-corrected chi connectivity index (χ3v) is 3.40. The van der Waals surface area contributed by atoms with Crippen LogP contribution in [-0.4, -0.2) is 49.7 Å². The molecule has 0 spiro atoms. The van der Waals surface area contributed by atoms with Crippen molar-refractivity contribution in [2.45, 2.75) is 25.8 Å². The van der Waals surface area contributed by atoms with Crippen molar-refractivity contribution in [3.63, 3.8) is 0 Å². The zero-order valence-electron chi connectivity index (χ0n) is 9.37. The number of rotatable bonds is 1. The minimum atomic E-state index is 0.178. The number of carbonyl (C=O) groups excluding carboxylic acids is 1. The normalized spacial score (nSPS) is 32.7. The van der Waals surface area contributed by atoms with Gasteiger partial charge in [0.25, 0.3) is 0 Å². The monoisotopic (exact) mass is 212 g/mol. The Balaban J connectivity index is 1.92. The molecule has 2 aliphatic rings. The number of hydrogen-bond donors (Lipinski definition) is 1. The molecule has 2 fully saturated rings. The minimum Gasteiger partial charge on any atom is -0.378 e. The summed E-state index contributed by atoms with van der Waals surface area (Å²) in [4.78, 5) is 14.1. The standard InChI is InChI=1S/C11H20N2O2/c1-9-10(3-2-4-12-9)11(14)13-5-7-15-8-6-13/h9-10,12H,2-8H2,1H3/t9-,10+/m0/s1. The molecule has 0 saturated carbocycles. The van der Waals surface area contributed by atoms with Gasteiger partial charge >= 0.3 is 0 Å². The minimum absolute atomic E-state index is 0.178. The van der Waals surface area contributed by atoms with Crippen molar-refractivity contribution in [1.29, 1.82) is 0 Å². The van der Waals surface area contributed by atoms with Crippen molar-refractivity contribution in [1.82, 2.24) is 10.2 Å². The maximum Gasteiger partial charge on any atom is 0.227 e. The number of hydrogen-bond acceptors (Lipinski definition) is 3. The van der Waals surface area contributed by atoms with Crippen LogP contribution in [0.5, 0.6) is 0 Å². The second-order valence-electron chi connectivity index (χ2n) is 4.43. The van der Waals surface area contributed by atoms with Gasteiger partial charge in [0.05, 0.1) is 19.1 Å². The predicted octanol–water partition coefficient (Wildman–Crippen LogP) is 0.233. The van der Waals surface area contributed by atoms with Crippen LogP contribution in [-0.2, 0) is 9.53 Å². The number of nitrogens with zero attached hydrogens (tertiary/aromatic N) is 1. The third-order valence-electron chi connectivity index (χ3n) is 3.40. The van der Waals surface area contributed by atoms with Gasteiger partial charge in [0.2, 0.25) is 5.91 Å². The van der Waals surface area contributed by atoms with Crippen LogP contribution >= 0.6 is 0 Å². The molecule has 0 aromatic carbocycles. The summed E-state index contributed by atoms with van der Waals surface area (Å²) in [6.45, 7) is 6.08. The Morgan fingerprint density at radius 3 is 2.80 bits per heavy atom. The first-order valence-electron chi connectivity index (χ1n) is 5.89. The van der Waals surface area contributed by atoms with Gasteiger partial charge in [-0.05, 0) is 26.3 Å². The van der Waals surface area contributed by atoms with Gasteiger partial charge in [-0.2, -0.15) is 0 Å². The average Bonchev–Trinajstić information content (AvgIpc) is 2.30. The molecule has 4 nitrogen and oxygen atoms in total. The molecule has 2 aliphatic heterocycles. The summed E-state index contributed by atoms with van der Waals surface area (Å²) in [5, 5.41) is 3.37. The molecule has 2 heterocycles. The Morgan fingerprint density at radius 1 is 1.40 bits per heavy atom. The molecule has 1 amide bonds. The van der Waals surface area contributed by atoms with Crippen molar-refractivity contribution in [2.24, 2.45) is 5.92 Å². The topological polar surface area (TPSA) is 41.6 Å². The molecule has 0 bridgehead atoms. The van der Waals surface area contributed by atoms with Crippen LogP contribution < -0.4 is 5.32 Å². The predicted molar refractivity (Wildman–Crippen MR) is 57.6 cm³/mol. The van der Waals surface area contributed by atoms with E-state index in [1.54, 1.807) is 0 Å². The highest BCUT2D eigenvalue weighted by atomic mass is 16.5. The second-order valence-corrected chi connectivity index (χ2v) is 4.43. The van der Waals surface area contributed by atoms with Gasteiger partial charge in [-0.1, -0.05) is 0 Å². The lowest BCUT2D eigenvalue weighted by Crippen LogP contribution is -2.50. The molecule has 0 unspecified atom stereocenters. The molecule has 0 radical (unpaired) electrons. The van der Waals surface area contributed by atoms with Gasteiger partial charge in [-0.15, -0.1) is 0 Å². The lowest BCUT2D eigenvalue weighted by atomic mass is 9.90. The summed E-state index contributed by atoms with van der Waals surface area (Å²) < 4.78 is 5.25. The van der Waals surface area contributed by atoms with E-state index in [2.05, 4.69) is 12.2 Å². The van der Waals surface area contributed by atoms with E-state index in [1.165, 1.54) is 0 Å². The van der Waals surface area contributed by atoms with Crippen LogP contribution in [0, 0.1) is 5.92 Å². The van der Waals surface area contributed by atoms with Crippen LogP contribution in [0.15, 0.2) is 0 Å². The number of nitrogens with one attached hydrogen (secondary N) is 1. The molecular weight excluding hydrogens is 192 g/mol. The Labute approximate surface area is 91.0 Å².